The van der Waals surface area contributed by atoms with E-state index < -0.39 is 11.9 Å². The van der Waals surface area contributed by atoms with E-state index >= 15 is 0 Å². The molecule has 7 heteroatoms. The summed E-state index contributed by atoms with van der Waals surface area (Å²) >= 11 is 0. The molecule has 0 unspecified atom stereocenters. The Morgan fingerprint density at radius 2 is 1.89 bits per heavy atom. The Morgan fingerprint density at radius 3 is 2.44 bits per heavy atom. The number of nitrogens with two attached hydrogens (primary N) is 1. The third-order valence-corrected chi connectivity index (χ3v) is 3.25. The average molecular weight is 260 g/mol. The second-order valence-electron chi connectivity index (χ2n) is 4.52. The van der Waals surface area contributed by atoms with Crippen LogP contribution in [0.3, 0.4) is 0 Å². The van der Waals surface area contributed by atoms with E-state index in [0.717, 1.165) is 31.7 Å². The van der Waals surface area contributed by atoms with Gasteiger partial charge >= 0.3 is 6.18 Å². The minimum atomic E-state index is -4.50. The van der Waals surface area contributed by atoms with Crippen LogP contribution in [0.5, 0.6) is 0 Å². The Kier molecular flexibility index (Phi) is 3.32. The molecule has 1 aromatic heterocycles. The van der Waals surface area contributed by atoms with Gasteiger partial charge in [-0.25, -0.2) is 4.98 Å². The zero-order valence-electron chi connectivity index (χ0n) is 10.0. The van der Waals surface area contributed by atoms with Crippen molar-refractivity contribution in [1.82, 2.24) is 9.97 Å². The molecule has 1 aromatic rings. The standard InChI is InChI=1S/C11H15F3N4/c1-18(7-4-2-3-5-7)9-6-8(11(12,13)14)16-10(15)17-9/h6-7H,2-5H2,1H3,(H2,15,16,17). The minimum Gasteiger partial charge on any atom is -0.368 e. The van der Waals surface area contributed by atoms with E-state index in [4.69, 9.17) is 5.73 Å². The Morgan fingerprint density at radius 1 is 1.28 bits per heavy atom. The largest absolute Gasteiger partial charge is 0.433 e. The van der Waals surface area contributed by atoms with Crippen molar-refractivity contribution >= 4 is 11.8 Å². The van der Waals surface area contributed by atoms with Crippen molar-refractivity contribution in [3.8, 4) is 0 Å². The topological polar surface area (TPSA) is 55.0 Å². The van der Waals surface area contributed by atoms with Gasteiger partial charge in [0.1, 0.15) is 5.82 Å². The van der Waals surface area contributed by atoms with Gasteiger partial charge in [0.25, 0.3) is 0 Å². The fraction of sp³-hybridized carbons (Fsp3) is 0.636. The molecule has 1 aliphatic carbocycles. The number of halogens is 3. The second kappa shape index (κ2) is 4.62. The van der Waals surface area contributed by atoms with Gasteiger partial charge in [-0.15, -0.1) is 0 Å². The molecule has 0 amide bonds. The van der Waals surface area contributed by atoms with Crippen LogP contribution in [0.1, 0.15) is 31.4 Å². The number of alkyl halides is 3. The zero-order valence-corrected chi connectivity index (χ0v) is 10.0. The first kappa shape index (κ1) is 12.9. The van der Waals surface area contributed by atoms with Gasteiger partial charge < -0.3 is 10.6 Å². The molecule has 0 radical (unpaired) electrons. The lowest BCUT2D eigenvalue weighted by molar-refractivity contribution is -0.141. The van der Waals surface area contributed by atoms with E-state index in [9.17, 15) is 13.2 Å². The Labute approximate surface area is 103 Å². The monoisotopic (exact) mass is 260 g/mol. The van der Waals surface area contributed by atoms with Gasteiger partial charge in [-0.1, -0.05) is 12.8 Å². The van der Waals surface area contributed by atoms with Gasteiger partial charge in [0.2, 0.25) is 5.95 Å². The highest BCUT2D eigenvalue weighted by Crippen LogP contribution is 2.32. The zero-order chi connectivity index (χ0) is 13.3. The molecule has 2 N–H and O–H groups in total. The van der Waals surface area contributed by atoms with Gasteiger partial charge in [-0.3, -0.25) is 0 Å². The number of hydrogen-bond donors (Lipinski definition) is 1. The number of hydrogen-bond acceptors (Lipinski definition) is 4. The Balaban J connectivity index is 2.29. The number of nitrogen functional groups attached to an aromatic ring is 1. The van der Waals surface area contributed by atoms with Gasteiger partial charge in [0.05, 0.1) is 0 Å². The molecule has 0 saturated heterocycles. The summed E-state index contributed by atoms with van der Waals surface area (Å²) < 4.78 is 37.9. The predicted molar refractivity (Wildman–Crippen MR) is 62.1 cm³/mol. The Bertz CT molecular complexity index is 427. The molecule has 0 aromatic carbocycles. The fourth-order valence-corrected chi connectivity index (χ4v) is 2.26. The van der Waals surface area contributed by atoms with Crippen molar-refractivity contribution in [2.45, 2.75) is 37.9 Å². The molecule has 1 heterocycles. The van der Waals surface area contributed by atoms with Crippen LogP contribution in [0.2, 0.25) is 0 Å². The number of nitrogens with zero attached hydrogens (tertiary/aromatic N) is 3. The highest BCUT2D eigenvalue weighted by atomic mass is 19.4. The summed E-state index contributed by atoms with van der Waals surface area (Å²) in [6.07, 6.45) is -0.352. The summed E-state index contributed by atoms with van der Waals surface area (Å²) in [5.74, 6) is -0.105. The molecule has 1 aliphatic rings. The van der Waals surface area contributed by atoms with Crippen LogP contribution in [0.4, 0.5) is 24.9 Å². The van der Waals surface area contributed by atoms with Crippen LogP contribution in [-0.2, 0) is 6.18 Å². The smallest absolute Gasteiger partial charge is 0.368 e. The molecule has 100 valence electrons. The third kappa shape index (κ3) is 2.65. The average Bonchev–Trinajstić information content (AvgIpc) is 2.79. The lowest BCUT2D eigenvalue weighted by atomic mass is 10.2. The van der Waals surface area contributed by atoms with Gasteiger partial charge in [-0.05, 0) is 12.8 Å². The van der Waals surface area contributed by atoms with E-state index in [1.807, 2.05) is 0 Å². The maximum atomic E-state index is 12.6. The lowest BCUT2D eigenvalue weighted by Gasteiger charge is -2.25. The highest BCUT2D eigenvalue weighted by molar-refractivity contribution is 5.44. The first-order chi connectivity index (χ1) is 8.38. The van der Waals surface area contributed by atoms with Crippen LogP contribution in [0.25, 0.3) is 0 Å². The number of aromatic nitrogens is 2. The van der Waals surface area contributed by atoms with Crippen LogP contribution in [0.15, 0.2) is 6.07 Å². The summed E-state index contributed by atoms with van der Waals surface area (Å²) in [7, 11) is 1.75. The van der Waals surface area contributed by atoms with E-state index in [1.165, 1.54) is 0 Å². The quantitative estimate of drug-likeness (QED) is 0.887. The highest BCUT2D eigenvalue weighted by Gasteiger charge is 2.34. The molecule has 0 spiro atoms. The van der Waals surface area contributed by atoms with Gasteiger partial charge in [0.15, 0.2) is 5.69 Å². The van der Waals surface area contributed by atoms with Gasteiger partial charge in [-0.2, -0.15) is 18.2 Å². The van der Waals surface area contributed by atoms with E-state index in [-0.39, 0.29) is 17.8 Å². The molecule has 0 bridgehead atoms. The van der Waals surface area contributed by atoms with Crippen LogP contribution < -0.4 is 10.6 Å². The van der Waals surface area contributed by atoms with Crippen molar-refractivity contribution in [2.75, 3.05) is 17.7 Å². The molecule has 0 aliphatic heterocycles. The molecular formula is C11H15F3N4. The van der Waals surface area contributed by atoms with Crippen LogP contribution in [0, 0.1) is 0 Å². The molecule has 1 fully saturated rings. The van der Waals surface area contributed by atoms with Gasteiger partial charge in [0, 0.05) is 19.2 Å². The lowest BCUT2D eigenvalue weighted by Crippen LogP contribution is -2.30. The van der Waals surface area contributed by atoms with Crippen molar-refractivity contribution in [3.63, 3.8) is 0 Å². The van der Waals surface area contributed by atoms with Crippen molar-refractivity contribution in [3.05, 3.63) is 11.8 Å². The number of rotatable bonds is 2. The summed E-state index contributed by atoms with van der Waals surface area (Å²) in [4.78, 5) is 8.88. The molecule has 0 atom stereocenters. The normalized spacial score (nSPS) is 17.1. The van der Waals surface area contributed by atoms with E-state index in [1.54, 1.807) is 11.9 Å². The van der Waals surface area contributed by atoms with E-state index in [0.29, 0.717) is 0 Å². The summed E-state index contributed by atoms with van der Waals surface area (Å²) in [6.45, 7) is 0. The summed E-state index contributed by atoms with van der Waals surface area (Å²) in [5.41, 5.74) is 4.35. The molecular weight excluding hydrogens is 245 g/mol. The van der Waals surface area contributed by atoms with Crippen LogP contribution >= 0.6 is 0 Å². The summed E-state index contributed by atoms with van der Waals surface area (Å²) in [5, 5.41) is 0. The predicted octanol–water partition coefficient (Wildman–Crippen LogP) is 2.46. The molecule has 2 rings (SSSR count). The minimum absolute atomic E-state index is 0.236. The van der Waals surface area contributed by atoms with E-state index in [2.05, 4.69) is 9.97 Å². The van der Waals surface area contributed by atoms with Crippen molar-refractivity contribution in [2.24, 2.45) is 0 Å². The molecule has 1 saturated carbocycles. The SMILES string of the molecule is CN(c1cc(C(F)(F)F)nc(N)n1)C1CCCC1. The van der Waals surface area contributed by atoms with Crippen molar-refractivity contribution in [1.29, 1.82) is 0 Å². The second-order valence-corrected chi connectivity index (χ2v) is 4.52. The maximum absolute atomic E-state index is 12.6. The Hall–Kier alpha value is -1.53. The fourth-order valence-electron chi connectivity index (χ4n) is 2.26. The van der Waals surface area contributed by atoms with Crippen LogP contribution in [-0.4, -0.2) is 23.1 Å². The number of anilines is 2. The molecule has 4 nitrogen and oxygen atoms in total. The third-order valence-electron chi connectivity index (χ3n) is 3.25. The summed E-state index contributed by atoms with van der Waals surface area (Å²) in [6, 6.07) is 1.19. The van der Waals surface area contributed by atoms with Crippen molar-refractivity contribution < 1.29 is 13.2 Å². The first-order valence-electron chi connectivity index (χ1n) is 5.82. The maximum Gasteiger partial charge on any atom is 0.433 e. The molecule has 18 heavy (non-hydrogen) atoms. The first-order valence-corrected chi connectivity index (χ1v) is 5.82.